The summed E-state index contributed by atoms with van der Waals surface area (Å²) in [7, 11) is 0. The molecular weight excluding hydrogens is 705 g/mol. The highest BCUT2D eigenvalue weighted by Crippen LogP contribution is 2.51. The van der Waals surface area contributed by atoms with E-state index in [9.17, 15) is 0 Å². The van der Waals surface area contributed by atoms with Crippen LogP contribution in [-0.4, -0.2) is 0 Å². The van der Waals surface area contributed by atoms with Gasteiger partial charge in [-0.05, 0) is 106 Å². The van der Waals surface area contributed by atoms with Crippen LogP contribution >= 0.6 is 0 Å². The van der Waals surface area contributed by atoms with E-state index in [1.54, 1.807) is 48.5 Å². The summed E-state index contributed by atoms with van der Waals surface area (Å²) in [6.07, 6.45) is 0. The highest BCUT2D eigenvalue weighted by molar-refractivity contribution is 5.90. The smallest absolute Gasteiger partial charge is 0.186 e. The topological polar surface area (TPSA) is 6.48 Å². The van der Waals surface area contributed by atoms with Gasteiger partial charge in [0.1, 0.15) is 5.69 Å². The molecule has 0 bridgehead atoms. The van der Waals surface area contributed by atoms with Gasteiger partial charge in [0.2, 0.25) is 0 Å². The number of benzene rings is 8. The van der Waals surface area contributed by atoms with Crippen molar-refractivity contribution in [2.75, 3.05) is 9.80 Å². The zero-order valence-electron chi connectivity index (χ0n) is 31.0. The molecule has 0 amide bonds. The van der Waals surface area contributed by atoms with Gasteiger partial charge in [-0.2, -0.15) is 0 Å². The number of rotatable bonds is 7. The zero-order valence-corrected chi connectivity index (χ0v) is 31.0. The van der Waals surface area contributed by atoms with E-state index < -0.39 is 34.5 Å². The van der Waals surface area contributed by atoms with Crippen LogP contribution in [0.1, 0.15) is 30.5 Å². The van der Waals surface area contributed by atoms with Crippen molar-refractivity contribution in [3.8, 4) is 22.3 Å². The predicted molar refractivity (Wildman–Crippen MR) is 221 cm³/mol. The molecule has 1 aliphatic rings. The highest BCUT2D eigenvalue weighted by atomic mass is 19.2. The molecule has 0 radical (unpaired) electrons. The maximum absolute atomic E-state index is 16.5. The van der Waals surface area contributed by atoms with Crippen LogP contribution in [0.4, 0.5) is 51.7 Å². The van der Waals surface area contributed by atoms with Gasteiger partial charge < -0.3 is 9.80 Å². The van der Waals surface area contributed by atoms with E-state index in [4.69, 9.17) is 0 Å². The molecule has 1 aliphatic carbocycles. The second-order valence-corrected chi connectivity index (χ2v) is 14.8. The molecule has 0 fully saturated rings. The standard InChI is InChI=1S/C50H36F4N2/c1-31-17-22-37(23-18-31)56(38-26-19-32-11-7-8-12-34(32)29-38)49-47(53)45(51)44(46(52)48(49)54)33-20-24-36(25-21-33)55(35-13-5-4-6-14-35)39-27-28-41-40-15-9-10-16-42(40)50(2,3)43(41)30-39/h4-30H,1-3H3. The lowest BCUT2D eigenvalue weighted by atomic mass is 9.82. The fraction of sp³-hybridized carbons (Fsp3) is 0.0800. The molecule has 0 heterocycles. The minimum atomic E-state index is -1.50. The highest BCUT2D eigenvalue weighted by Gasteiger charge is 2.36. The van der Waals surface area contributed by atoms with Crippen molar-refractivity contribution in [2.45, 2.75) is 26.2 Å². The maximum Gasteiger partial charge on any atom is 0.186 e. The summed E-state index contributed by atoms with van der Waals surface area (Å²) in [5.41, 5.74) is 7.08. The van der Waals surface area contributed by atoms with E-state index in [2.05, 4.69) is 61.2 Å². The fourth-order valence-electron chi connectivity index (χ4n) is 8.12. The minimum absolute atomic E-state index is 0.000705. The Bertz CT molecular complexity index is 2750. The fourth-order valence-corrected chi connectivity index (χ4v) is 8.12. The number of aryl methyl sites for hydroxylation is 1. The van der Waals surface area contributed by atoms with Gasteiger partial charge in [-0.1, -0.05) is 123 Å². The van der Waals surface area contributed by atoms with Crippen LogP contribution in [-0.2, 0) is 5.41 Å². The molecule has 8 aromatic rings. The molecule has 0 atom stereocenters. The van der Waals surface area contributed by atoms with E-state index in [0.29, 0.717) is 17.1 Å². The molecule has 8 aromatic carbocycles. The largest absolute Gasteiger partial charge is 0.310 e. The number of para-hydroxylation sites is 1. The summed E-state index contributed by atoms with van der Waals surface area (Å²) < 4.78 is 65.7. The monoisotopic (exact) mass is 740 g/mol. The summed E-state index contributed by atoms with van der Waals surface area (Å²) in [5, 5.41) is 1.72. The quantitative estimate of drug-likeness (QED) is 0.119. The first kappa shape index (κ1) is 35.1. The molecular formula is C50H36F4N2. The normalized spacial score (nSPS) is 12.7. The number of nitrogens with zero attached hydrogens (tertiary/aromatic N) is 2. The van der Waals surface area contributed by atoms with Gasteiger partial charge in [0, 0.05) is 33.9 Å². The van der Waals surface area contributed by atoms with E-state index >= 15 is 17.6 Å². The van der Waals surface area contributed by atoms with Gasteiger partial charge in [0.25, 0.3) is 0 Å². The minimum Gasteiger partial charge on any atom is -0.310 e. The molecule has 0 aromatic heterocycles. The first-order valence-corrected chi connectivity index (χ1v) is 18.5. The molecule has 56 heavy (non-hydrogen) atoms. The molecule has 0 aliphatic heterocycles. The third-order valence-corrected chi connectivity index (χ3v) is 11.0. The molecule has 0 spiro atoms. The summed E-state index contributed by atoms with van der Waals surface area (Å²) in [5.74, 6) is -5.96. The molecule has 9 rings (SSSR count). The third-order valence-electron chi connectivity index (χ3n) is 11.0. The Kier molecular flexibility index (Phi) is 8.50. The van der Waals surface area contributed by atoms with Gasteiger partial charge >= 0.3 is 0 Å². The molecule has 0 unspecified atom stereocenters. The average Bonchev–Trinajstić information content (AvgIpc) is 3.45. The molecule has 0 saturated carbocycles. The van der Waals surface area contributed by atoms with Crippen LogP contribution in [0.25, 0.3) is 33.0 Å². The van der Waals surface area contributed by atoms with E-state index in [-0.39, 0.29) is 11.0 Å². The summed E-state index contributed by atoms with van der Waals surface area (Å²) in [6.45, 7) is 6.32. The van der Waals surface area contributed by atoms with Gasteiger partial charge in [0.15, 0.2) is 23.3 Å². The number of halogens is 4. The van der Waals surface area contributed by atoms with Crippen molar-refractivity contribution in [3.05, 3.63) is 204 Å². The molecule has 2 nitrogen and oxygen atoms in total. The molecule has 0 saturated heterocycles. The lowest BCUT2D eigenvalue weighted by Crippen LogP contribution is -2.17. The summed E-state index contributed by atoms with van der Waals surface area (Å²) in [6, 6.07) is 50.7. The summed E-state index contributed by atoms with van der Waals surface area (Å²) >= 11 is 0. The van der Waals surface area contributed by atoms with Crippen molar-refractivity contribution in [2.24, 2.45) is 0 Å². The predicted octanol–water partition coefficient (Wildman–Crippen LogP) is 14.6. The van der Waals surface area contributed by atoms with Crippen molar-refractivity contribution in [1.82, 2.24) is 0 Å². The first-order chi connectivity index (χ1) is 27.1. The Balaban J connectivity index is 1.14. The van der Waals surface area contributed by atoms with Gasteiger partial charge in [-0.3, -0.25) is 0 Å². The van der Waals surface area contributed by atoms with Crippen LogP contribution in [0, 0.1) is 30.2 Å². The molecule has 274 valence electrons. The first-order valence-electron chi connectivity index (χ1n) is 18.5. The Hall–Kier alpha value is -6.66. The average molecular weight is 741 g/mol. The van der Waals surface area contributed by atoms with E-state index in [1.807, 2.05) is 67.6 Å². The Morgan fingerprint density at radius 3 is 1.64 bits per heavy atom. The SMILES string of the molecule is Cc1ccc(N(c2ccc3ccccc3c2)c2c(F)c(F)c(-c3ccc(N(c4ccccc4)c4ccc5c(c4)C(C)(C)c4ccccc4-5)cc3)c(F)c2F)cc1. The van der Waals surface area contributed by atoms with Gasteiger partial charge in [0.05, 0.1) is 5.56 Å². The lowest BCUT2D eigenvalue weighted by molar-refractivity contribution is 0.461. The van der Waals surface area contributed by atoms with Crippen LogP contribution in [0.15, 0.2) is 164 Å². The summed E-state index contributed by atoms with van der Waals surface area (Å²) in [4.78, 5) is 3.28. The number of hydrogen-bond acceptors (Lipinski definition) is 2. The van der Waals surface area contributed by atoms with Crippen molar-refractivity contribution >= 4 is 44.9 Å². The number of hydrogen-bond donors (Lipinski definition) is 0. The van der Waals surface area contributed by atoms with Crippen molar-refractivity contribution < 1.29 is 17.6 Å². The maximum atomic E-state index is 16.5. The number of anilines is 6. The van der Waals surface area contributed by atoms with Crippen LogP contribution in [0.3, 0.4) is 0 Å². The van der Waals surface area contributed by atoms with Gasteiger partial charge in [-0.25, -0.2) is 17.6 Å². The van der Waals surface area contributed by atoms with E-state index in [0.717, 1.165) is 27.7 Å². The second kappa shape index (κ2) is 13.6. The second-order valence-electron chi connectivity index (χ2n) is 14.8. The molecule has 6 heteroatoms. The van der Waals surface area contributed by atoms with Crippen molar-refractivity contribution in [3.63, 3.8) is 0 Å². The Labute approximate surface area is 323 Å². The third kappa shape index (κ3) is 5.72. The lowest BCUT2D eigenvalue weighted by Gasteiger charge is -2.28. The van der Waals surface area contributed by atoms with Crippen LogP contribution in [0.2, 0.25) is 0 Å². The van der Waals surface area contributed by atoms with Gasteiger partial charge in [-0.15, -0.1) is 0 Å². The van der Waals surface area contributed by atoms with Crippen molar-refractivity contribution in [1.29, 1.82) is 0 Å². The molecule has 0 N–H and O–H groups in total. The van der Waals surface area contributed by atoms with Crippen LogP contribution in [0.5, 0.6) is 0 Å². The van der Waals surface area contributed by atoms with Crippen LogP contribution < -0.4 is 9.80 Å². The Morgan fingerprint density at radius 2 is 0.929 bits per heavy atom. The number of fused-ring (bicyclic) bond motifs is 4. The zero-order chi connectivity index (χ0) is 38.7. The van der Waals surface area contributed by atoms with E-state index in [1.165, 1.54) is 39.3 Å². The Morgan fingerprint density at radius 1 is 0.411 bits per heavy atom.